The van der Waals surface area contributed by atoms with Crippen LogP contribution in [0.3, 0.4) is 0 Å². The third-order valence-electron chi connectivity index (χ3n) is 3.08. The van der Waals surface area contributed by atoms with Gasteiger partial charge < -0.3 is 19.8 Å². The van der Waals surface area contributed by atoms with Gasteiger partial charge in [-0.05, 0) is 33.6 Å². The molecule has 1 aromatic heterocycles. The fourth-order valence-electron chi connectivity index (χ4n) is 2.17. The quantitative estimate of drug-likeness (QED) is 0.826. The highest BCUT2D eigenvalue weighted by Gasteiger charge is 2.19. The molecule has 0 aliphatic carbocycles. The van der Waals surface area contributed by atoms with Gasteiger partial charge >= 0.3 is 5.97 Å². The largest absolute Gasteiger partial charge is 0.459 e. The Morgan fingerprint density at radius 1 is 1.50 bits per heavy atom. The number of imidazole rings is 1. The van der Waals surface area contributed by atoms with E-state index in [1.165, 1.54) is 0 Å². The molecular weight excluding hydrogens is 258 g/mol. The Morgan fingerprint density at radius 3 is 2.85 bits per heavy atom. The van der Waals surface area contributed by atoms with Crippen LogP contribution in [0.15, 0.2) is 6.20 Å². The number of carbonyl (C=O) groups excluding carboxylic acids is 1. The first kappa shape index (κ1) is 14.8. The van der Waals surface area contributed by atoms with E-state index in [2.05, 4.69) is 15.3 Å². The van der Waals surface area contributed by atoms with Crippen molar-refractivity contribution in [3.05, 3.63) is 11.9 Å². The van der Waals surface area contributed by atoms with Gasteiger partial charge in [-0.3, -0.25) is 4.79 Å². The molecule has 2 heterocycles. The minimum atomic E-state index is -0.463. The second-order valence-electron chi connectivity index (χ2n) is 6.01. The van der Waals surface area contributed by atoms with Gasteiger partial charge in [-0.15, -0.1) is 0 Å². The molecule has 2 rings (SSSR count). The number of ether oxygens (including phenoxy) is 2. The van der Waals surface area contributed by atoms with Crippen LogP contribution >= 0.6 is 0 Å². The lowest BCUT2D eigenvalue weighted by Crippen LogP contribution is -2.28. The van der Waals surface area contributed by atoms with Gasteiger partial charge in [-0.25, -0.2) is 4.98 Å². The van der Waals surface area contributed by atoms with Crippen molar-refractivity contribution in [2.45, 2.75) is 45.1 Å². The van der Waals surface area contributed by atoms with E-state index >= 15 is 0 Å². The maximum absolute atomic E-state index is 11.6. The molecule has 0 saturated carbocycles. The molecule has 0 amide bonds. The SMILES string of the molecule is CC(C)(C)OC(=O)CNc1ncc(C2CCOCC2)[nH]1. The monoisotopic (exact) mass is 281 g/mol. The maximum Gasteiger partial charge on any atom is 0.325 e. The number of hydrogen-bond acceptors (Lipinski definition) is 5. The van der Waals surface area contributed by atoms with E-state index in [4.69, 9.17) is 9.47 Å². The van der Waals surface area contributed by atoms with Gasteiger partial charge in [0.2, 0.25) is 5.95 Å². The van der Waals surface area contributed by atoms with Crippen molar-refractivity contribution in [2.24, 2.45) is 0 Å². The number of esters is 1. The summed E-state index contributed by atoms with van der Waals surface area (Å²) < 4.78 is 10.6. The smallest absolute Gasteiger partial charge is 0.325 e. The summed E-state index contributed by atoms with van der Waals surface area (Å²) in [6.45, 7) is 7.25. The first-order valence-electron chi connectivity index (χ1n) is 7.02. The van der Waals surface area contributed by atoms with Crippen molar-refractivity contribution in [1.82, 2.24) is 9.97 Å². The Bertz CT molecular complexity index is 445. The van der Waals surface area contributed by atoms with Crippen LogP contribution in [0.5, 0.6) is 0 Å². The van der Waals surface area contributed by atoms with E-state index < -0.39 is 5.60 Å². The van der Waals surface area contributed by atoms with Crippen molar-refractivity contribution in [1.29, 1.82) is 0 Å². The van der Waals surface area contributed by atoms with Gasteiger partial charge in [0.1, 0.15) is 12.1 Å². The van der Waals surface area contributed by atoms with Crippen molar-refractivity contribution in [3.8, 4) is 0 Å². The number of rotatable bonds is 4. The lowest BCUT2D eigenvalue weighted by molar-refractivity contribution is -0.152. The van der Waals surface area contributed by atoms with E-state index in [-0.39, 0.29) is 12.5 Å². The first-order chi connectivity index (χ1) is 9.44. The van der Waals surface area contributed by atoms with Gasteiger partial charge in [-0.1, -0.05) is 0 Å². The third kappa shape index (κ3) is 4.52. The van der Waals surface area contributed by atoms with Crippen LogP contribution in [-0.4, -0.2) is 41.3 Å². The van der Waals surface area contributed by atoms with Crippen LogP contribution in [0.25, 0.3) is 0 Å². The molecule has 0 bridgehead atoms. The first-order valence-corrected chi connectivity index (χ1v) is 7.02. The molecule has 112 valence electrons. The molecule has 0 aromatic carbocycles. The van der Waals surface area contributed by atoms with E-state index in [0.29, 0.717) is 11.9 Å². The van der Waals surface area contributed by atoms with Crippen LogP contribution in [0, 0.1) is 0 Å². The highest BCUT2D eigenvalue weighted by Crippen LogP contribution is 2.25. The molecule has 0 spiro atoms. The molecule has 0 radical (unpaired) electrons. The van der Waals surface area contributed by atoms with Gasteiger partial charge in [-0.2, -0.15) is 0 Å². The summed E-state index contributed by atoms with van der Waals surface area (Å²) in [5.41, 5.74) is 0.634. The number of aromatic amines is 1. The Balaban J connectivity index is 1.82. The van der Waals surface area contributed by atoms with Gasteiger partial charge in [0, 0.05) is 24.8 Å². The van der Waals surface area contributed by atoms with Crippen molar-refractivity contribution in [3.63, 3.8) is 0 Å². The molecule has 2 N–H and O–H groups in total. The molecule has 1 aliphatic rings. The highest BCUT2D eigenvalue weighted by molar-refractivity contribution is 5.74. The predicted octanol–water partition coefficient (Wildman–Crippen LogP) is 2.06. The highest BCUT2D eigenvalue weighted by atomic mass is 16.6. The van der Waals surface area contributed by atoms with E-state index in [9.17, 15) is 4.79 Å². The van der Waals surface area contributed by atoms with Crippen LogP contribution in [0.4, 0.5) is 5.95 Å². The molecule has 1 aromatic rings. The second-order valence-corrected chi connectivity index (χ2v) is 6.01. The third-order valence-corrected chi connectivity index (χ3v) is 3.08. The van der Waals surface area contributed by atoms with Crippen LogP contribution < -0.4 is 5.32 Å². The zero-order valence-corrected chi connectivity index (χ0v) is 12.4. The molecule has 1 saturated heterocycles. The summed E-state index contributed by atoms with van der Waals surface area (Å²) in [5, 5.41) is 2.95. The Kier molecular flexibility index (Phi) is 4.65. The molecule has 1 fully saturated rings. The van der Waals surface area contributed by atoms with Gasteiger partial charge in [0.25, 0.3) is 0 Å². The summed E-state index contributed by atoms with van der Waals surface area (Å²) in [5.74, 6) is 0.784. The second kappa shape index (κ2) is 6.26. The summed E-state index contributed by atoms with van der Waals surface area (Å²) in [6.07, 6.45) is 3.84. The summed E-state index contributed by atoms with van der Waals surface area (Å²) in [7, 11) is 0. The average Bonchev–Trinajstić information content (AvgIpc) is 2.84. The Morgan fingerprint density at radius 2 is 2.20 bits per heavy atom. The summed E-state index contributed by atoms with van der Waals surface area (Å²) >= 11 is 0. The van der Waals surface area contributed by atoms with Crippen molar-refractivity contribution >= 4 is 11.9 Å². The maximum atomic E-state index is 11.6. The lowest BCUT2D eigenvalue weighted by atomic mass is 9.97. The normalized spacial score (nSPS) is 16.9. The number of carbonyl (C=O) groups is 1. The van der Waals surface area contributed by atoms with Gasteiger partial charge in [0.05, 0.1) is 6.20 Å². The van der Waals surface area contributed by atoms with Crippen LogP contribution in [0.1, 0.15) is 45.2 Å². The fourth-order valence-corrected chi connectivity index (χ4v) is 2.17. The van der Waals surface area contributed by atoms with Gasteiger partial charge in [0.15, 0.2) is 0 Å². The molecule has 0 atom stereocenters. The molecule has 0 unspecified atom stereocenters. The number of hydrogen-bond donors (Lipinski definition) is 2. The molecule has 1 aliphatic heterocycles. The zero-order valence-electron chi connectivity index (χ0n) is 12.4. The minimum absolute atomic E-state index is 0.109. The zero-order chi connectivity index (χ0) is 14.6. The summed E-state index contributed by atoms with van der Waals surface area (Å²) in [6, 6.07) is 0. The number of nitrogens with zero attached hydrogens (tertiary/aromatic N) is 1. The summed E-state index contributed by atoms with van der Waals surface area (Å²) in [4.78, 5) is 19.1. The van der Waals surface area contributed by atoms with Crippen LogP contribution in [0.2, 0.25) is 0 Å². The number of H-pyrrole nitrogens is 1. The van der Waals surface area contributed by atoms with Crippen molar-refractivity contribution < 1.29 is 14.3 Å². The average molecular weight is 281 g/mol. The molecule has 6 nitrogen and oxygen atoms in total. The topological polar surface area (TPSA) is 76.2 Å². The van der Waals surface area contributed by atoms with E-state index in [1.807, 2.05) is 27.0 Å². The Hall–Kier alpha value is -1.56. The number of anilines is 1. The predicted molar refractivity (Wildman–Crippen MR) is 75.7 cm³/mol. The van der Waals surface area contributed by atoms with Crippen molar-refractivity contribution in [2.75, 3.05) is 25.1 Å². The fraction of sp³-hybridized carbons (Fsp3) is 0.714. The van der Waals surface area contributed by atoms with E-state index in [1.54, 1.807) is 0 Å². The molecular formula is C14H23N3O3. The number of nitrogens with one attached hydrogen (secondary N) is 2. The van der Waals surface area contributed by atoms with E-state index in [0.717, 1.165) is 31.7 Å². The molecule has 20 heavy (non-hydrogen) atoms. The molecule has 6 heteroatoms. The van der Waals surface area contributed by atoms with Crippen LogP contribution in [-0.2, 0) is 14.3 Å². The standard InChI is InChI=1S/C14H23N3O3/c1-14(2,3)20-12(18)9-16-13-15-8-11(17-13)10-4-6-19-7-5-10/h8,10H,4-7,9H2,1-3H3,(H2,15,16,17). The minimum Gasteiger partial charge on any atom is -0.459 e. The lowest BCUT2D eigenvalue weighted by Gasteiger charge is -2.20. The number of aromatic nitrogens is 2. The Labute approximate surface area is 119 Å².